The Labute approximate surface area is 151 Å². The predicted molar refractivity (Wildman–Crippen MR) is 104 cm³/mol. The molecule has 0 radical (unpaired) electrons. The van der Waals surface area contributed by atoms with E-state index in [2.05, 4.69) is 15.9 Å². The summed E-state index contributed by atoms with van der Waals surface area (Å²) in [6, 6.07) is 23.3. The summed E-state index contributed by atoms with van der Waals surface area (Å²) in [4.78, 5) is 18.1. The Morgan fingerprint density at radius 3 is 2.36 bits per heavy atom. The van der Waals surface area contributed by atoms with E-state index in [1.54, 1.807) is 8.97 Å². The van der Waals surface area contributed by atoms with Crippen LogP contribution in [0.25, 0.3) is 33.3 Å². The van der Waals surface area contributed by atoms with Gasteiger partial charge in [-0.25, -0.2) is 14.2 Å². The van der Waals surface area contributed by atoms with E-state index in [0.717, 1.165) is 32.1 Å². The van der Waals surface area contributed by atoms with Gasteiger partial charge in [0.05, 0.1) is 27.6 Å². The highest BCUT2D eigenvalue weighted by molar-refractivity contribution is 9.10. The normalized spacial score (nSPS) is 11.6. The summed E-state index contributed by atoms with van der Waals surface area (Å²) in [5.74, 6) is 0. The number of para-hydroxylation sites is 3. The molecule has 0 unspecified atom stereocenters. The van der Waals surface area contributed by atoms with Crippen molar-refractivity contribution in [3.05, 3.63) is 87.8 Å². The Kier molecular flexibility index (Phi) is 3.05. The van der Waals surface area contributed by atoms with Crippen molar-refractivity contribution in [2.45, 2.75) is 0 Å². The summed E-state index contributed by atoms with van der Waals surface area (Å²) >= 11 is 3.64. The first-order valence-electron chi connectivity index (χ1n) is 7.91. The number of aromatic nitrogens is 3. The van der Waals surface area contributed by atoms with Gasteiger partial charge in [0.2, 0.25) is 0 Å². The molecule has 0 saturated carbocycles. The van der Waals surface area contributed by atoms with Crippen LogP contribution < -0.4 is 5.69 Å². The van der Waals surface area contributed by atoms with Crippen LogP contribution in [0.4, 0.5) is 0 Å². The molecule has 0 aliphatic carbocycles. The zero-order chi connectivity index (χ0) is 17.0. The minimum absolute atomic E-state index is 0.125. The van der Waals surface area contributed by atoms with Crippen LogP contribution in [0.15, 0.2) is 82.1 Å². The first kappa shape index (κ1) is 14.4. The number of benzene rings is 3. The van der Waals surface area contributed by atoms with Crippen LogP contribution in [0, 0.1) is 0 Å². The maximum Gasteiger partial charge on any atom is 0.339 e. The number of fused-ring (bicyclic) bond motifs is 5. The highest BCUT2D eigenvalue weighted by Gasteiger charge is 2.17. The van der Waals surface area contributed by atoms with Crippen molar-refractivity contribution in [2.75, 3.05) is 0 Å². The zero-order valence-corrected chi connectivity index (χ0v) is 14.6. The van der Waals surface area contributed by atoms with Crippen molar-refractivity contribution < 1.29 is 0 Å². The SMILES string of the molecule is O=c1n(-c2ccccc2)c2cccc(Br)c2c2nc3ccccc3n12. The number of halogens is 1. The fraction of sp³-hybridized carbons (Fsp3) is 0. The molecular weight excluding hydrogens is 378 g/mol. The molecule has 0 fully saturated rings. The largest absolute Gasteiger partial charge is 0.339 e. The molecule has 0 aliphatic rings. The second kappa shape index (κ2) is 5.29. The second-order valence-corrected chi connectivity index (χ2v) is 6.70. The Bertz CT molecular complexity index is 1320. The molecule has 5 aromatic rings. The molecule has 2 aromatic heterocycles. The van der Waals surface area contributed by atoms with E-state index in [0.29, 0.717) is 5.65 Å². The summed E-state index contributed by atoms with van der Waals surface area (Å²) < 4.78 is 4.34. The van der Waals surface area contributed by atoms with E-state index >= 15 is 0 Å². The van der Waals surface area contributed by atoms with Gasteiger partial charge in [0.1, 0.15) is 0 Å². The minimum atomic E-state index is -0.125. The summed E-state index contributed by atoms with van der Waals surface area (Å²) in [5.41, 5.74) is 3.82. The quantitative estimate of drug-likeness (QED) is 0.421. The Hall–Kier alpha value is -2.92. The van der Waals surface area contributed by atoms with Crippen molar-refractivity contribution in [1.29, 1.82) is 0 Å². The summed E-state index contributed by atoms with van der Waals surface area (Å²) in [6.07, 6.45) is 0. The van der Waals surface area contributed by atoms with Gasteiger partial charge >= 0.3 is 5.69 Å². The number of imidazole rings is 1. The van der Waals surface area contributed by atoms with Crippen LogP contribution in [0.2, 0.25) is 0 Å². The van der Waals surface area contributed by atoms with Crippen LogP contribution in [-0.4, -0.2) is 14.0 Å². The molecule has 0 bridgehead atoms. The summed E-state index contributed by atoms with van der Waals surface area (Å²) in [5, 5.41) is 0.919. The molecular formula is C20H12BrN3O. The lowest BCUT2D eigenvalue weighted by Gasteiger charge is -2.13. The van der Waals surface area contributed by atoms with Crippen molar-refractivity contribution in [3.63, 3.8) is 0 Å². The van der Waals surface area contributed by atoms with Crippen molar-refractivity contribution in [3.8, 4) is 5.69 Å². The Morgan fingerprint density at radius 1 is 0.800 bits per heavy atom. The number of rotatable bonds is 1. The Balaban J connectivity index is 2.13. The standard InChI is InChI=1S/C20H12BrN3O/c21-14-9-6-12-17-18(14)19-22-15-10-4-5-11-16(15)24(19)20(25)23(17)13-7-2-1-3-8-13/h1-12H. The van der Waals surface area contributed by atoms with Crippen LogP contribution in [-0.2, 0) is 0 Å². The van der Waals surface area contributed by atoms with Crippen molar-refractivity contribution in [1.82, 2.24) is 14.0 Å². The minimum Gasteiger partial charge on any atom is -0.262 e. The molecule has 5 heteroatoms. The molecule has 5 rings (SSSR count). The van der Waals surface area contributed by atoms with Gasteiger partial charge in [-0.1, -0.05) is 36.4 Å². The van der Waals surface area contributed by atoms with Crippen LogP contribution in [0.3, 0.4) is 0 Å². The fourth-order valence-electron chi connectivity index (χ4n) is 3.34. The molecule has 120 valence electrons. The molecule has 0 atom stereocenters. The highest BCUT2D eigenvalue weighted by Crippen LogP contribution is 2.29. The topological polar surface area (TPSA) is 39.3 Å². The monoisotopic (exact) mass is 389 g/mol. The van der Waals surface area contributed by atoms with Gasteiger partial charge < -0.3 is 0 Å². The third-order valence-electron chi connectivity index (χ3n) is 4.41. The van der Waals surface area contributed by atoms with Crippen molar-refractivity contribution >= 4 is 43.5 Å². The van der Waals surface area contributed by atoms with Gasteiger partial charge in [-0.2, -0.15) is 0 Å². The maximum atomic E-state index is 13.4. The lowest BCUT2D eigenvalue weighted by Crippen LogP contribution is -2.25. The molecule has 0 N–H and O–H groups in total. The van der Waals surface area contributed by atoms with Gasteiger partial charge in [-0.3, -0.25) is 4.57 Å². The Morgan fingerprint density at radius 2 is 1.52 bits per heavy atom. The van der Waals surface area contributed by atoms with E-state index in [4.69, 9.17) is 4.98 Å². The fourth-order valence-corrected chi connectivity index (χ4v) is 3.87. The van der Waals surface area contributed by atoms with E-state index in [1.165, 1.54) is 0 Å². The average Bonchev–Trinajstić information content (AvgIpc) is 3.02. The van der Waals surface area contributed by atoms with Gasteiger partial charge in [-0.15, -0.1) is 0 Å². The third-order valence-corrected chi connectivity index (χ3v) is 5.07. The van der Waals surface area contributed by atoms with Gasteiger partial charge in [0, 0.05) is 4.47 Å². The van der Waals surface area contributed by atoms with E-state index in [-0.39, 0.29) is 5.69 Å². The van der Waals surface area contributed by atoms with Gasteiger partial charge in [0.15, 0.2) is 5.65 Å². The predicted octanol–water partition coefficient (Wildman–Crippen LogP) is 4.55. The first-order chi connectivity index (χ1) is 12.3. The number of hydrogen-bond donors (Lipinski definition) is 0. The van der Waals surface area contributed by atoms with E-state index in [1.807, 2.05) is 72.8 Å². The number of hydrogen-bond acceptors (Lipinski definition) is 2. The van der Waals surface area contributed by atoms with Crippen LogP contribution in [0.5, 0.6) is 0 Å². The maximum absolute atomic E-state index is 13.4. The van der Waals surface area contributed by atoms with E-state index in [9.17, 15) is 4.79 Å². The molecule has 0 amide bonds. The number of nitrogens with zero attached hydrogens (tertiary/aromatic N) is 3. The average molecular weight is 390 g/mol. The highest BCUT2D eigenvalue weighted by atomic mass is 79.9. The smallest absolute Gasteiger partial charge is 0.262 e. The second-order valence-electron chi connectivity index (χ2n) is 5.85. The third kappa shape index (κ3) is 1.99. The van der Waals surface area contributed by atoms with Crippen LogP contribution >= 0.6 is 15.9 Å². The molecule has 4 nitrogen and oxygen atoms in total. The van der Waals surface area contributed by atoms with Gasteiger partial charge in [-0.05, 0) is 52.3 Å². The molecule has 3 aromatic carbocycles. The van der Waals surface area contributed by atoms with Crippen molar-refractivity contribution in [2.24, 2.45) is 0 Å². The first-order valence-corrected chi connectivity index (χ1v) is 8.71. The van der Waals surface area contributed by atoms with Gasteiger partial charge in [0.25, 0.3) is 0 Å². The van der Waals surface area contributed by atoms with Crippen LogP contribution in [0.1, 0.15) is 0 Å². The lowest BCUT2D eigenvalue weighted by atomic mass is 10.2. The molecule has 0 spiro atoms. The molecule has 2 heterocycles. The summed E-state index contributed by atoms with van der Waals surface area (Å²) in [7, 11) is 0. The molecule has 0 saturated heterocycles. The van der Waals surface area contributed by atoms with E-state index < -0.39 is 0 Å². The molecule has 25 heavy (non-hydrogen) atoms. The summed E-state index contributed by atoms with van der Waals surface area (Å²) in [6.45, 7) is 0. The lowest BCUT2D eigenvalue weighted by molar-refractivity contribution is 0.931. The zero-order valence-electron chi connectivity index (χ0n) is 13.1. The molecule has 0 aliphatic heterocycles.